The Hall–Kier alpha value is -1.39. The molecule has 7 nitrogen and oxygen atoms in total. The van der Waals surface area contributed by atoms with Crippen molar-refractivity contribution < 1.29 is 14.3 Å². The Bertz CT molecular complexity index is 661. The summed E-state index contributed by atoms with van der Waals surface area (Å²) in [4.78, 5) is 16.4. The van der Waals surface area contributed by atoms with Gasteiger partial charge in [-0.05, 0) is 55.7 Å². The fourth-order valence-corrected chi connectivity index (χ4v) is 3.09. The summed E-state index contributed by atoms with van der Waals surface area (Å²) in [6, 6.07) is 7.83. The van der Waals surface area contributed by atoms with Crippen molar-refractivity contribution in [3.05, 3.63) is 29.8 Å². The van der Waals surface area contributed by atoms with E-state index < -0.39 is 0 Å². The number of anilines is 1. The summed E-state index contributed by atoms with van der Waals surface area (Å²) < 4.78 is 11.1. The summed E-state index contributed by atoms with van der Waals surface area (Å²) in [5, 5.41) is 9.54. The average Bonchev–Trinajstić information content (AvgIpc) is 3.36. The molecule has 1 aromatic carbocycles. The summed E-state index contributed by atoms with van der Waals surface area (Å²) in [6.07, 6.45) is 5.03. The van der Waals surface area contributed by atoms with Gasteiger partial charge in [0.2, 0.25) is 0 Å². The zero-order chi connectivity index (χ0) is 19.6. The summed E-state index contributed by atoms with van der Waals surface area (Å²) in [5.41, 5.74) is 1.86. The normalized spacial score (nSPS) is 18.8. The van der Waals surface area contributed by atoms with Crippen LogP contribution < -0.4 is 16.0 Å². The van der Waals surface area contributed by atoms with E-state index in [2.05, 4.69) is 20.9 Å². The fraction of sp³-hybridized carbons (Fsp3) is 0.619. The number of ether oxygens (including phenoxy) is 2. The lowest BCUT2D eigenvalue weighted by molar-refractivity contribution is -0.124. The Morgan fingerprint density at radius 2 is 2.14 bits per heavy atom. The van der Waals surface area contributed by atoms with Crippen molar-refractivity contribution in [3.8, 4) is 0 Å². The summed E-state index contributed by atoms with van der Waals surface area (Å²) >= 11 is 0. The van der Waals surface area contributed by atoms with Crippen LogP contribution in [0.15, 0.2) is 29.3 Å². The molecule has 3 N–H and O–H groups in total. The molecule has 1 aromatic rings. The highest BCUT2D eigenvalue weighted by molar-refractivity contribution is 14.0. The number of halogens is 1. The van der Waals surface area contributed by atoms with Crippen LogP contribution in [0.4, 0.5) is 5.69 Å². The van der Waals surface area contributed by atoms with Gasteiger partial charge in [-0.15, -0.1) is 24.0 Å². The van der Waals surface area contributed by atoms with Crippen LogP contribution in [0.25, 0.3) is 0 Å². The SMILES string of the molecule is CN=C(NCCCOCC1CC1)NCc1cccc(NC(=O)C2CCCO2)c1.I. The highest BCUT2D eigenvalue weighted by atomic mass is 127. The third kappa shape index (κ3) is 8.88. The van der Waals surface area contributed by atoms with E-state index in [4.69, 9.17) is 9.47 Å². The topological polar surface area (TPSA) is 84.0 Å². The van der Waals surface area contributed by atoms with E-state index in [1.807, 2.05) is 24.3 Å². The van der Waals surface area contributed by atoms with Gasteiger partial charge in [0.15, 0.2) is 5.96 Å². The van der Waals surface area contributed by atoms with Gasteiger partial charge in [-0.25, -0.2) is 0 Å². The second-order valence-corrected chi connectivity index (χ2v) is 7.42. The number of carbonyl (C=O) groups excluding carboxylic acids is 1. The van der Waals surface area contributed by atoms with Gasteiger partial charge in [0, 0.05) is 45.6 Å². The lowest BCUT2D eigenvalue weighted by Crippen LogP contribution is -2.37. The standard InChI is InChI=1S/C21H32N4O3.HI/c1-22-21(23-10-4-11-27-15-16-8-9-16)24-14-17-5-2-6-18(13-17)25-20(26)19-7-3-12-28-19;/h2,5-6,13,16,19H,3-4,7-12,14-15H2,1H3,(H,25,26)(H2,22,23,24);1H. The van der Waals surface area contributed by atoms with Crippen molar-refractivity contribution in [2.45, 2.75) is 44.8 Å². The molecule has 0 aromatic heterocycles. The lowest BCUT2D eigenvalue weighted by Gasteiger charge is -2.14. The van der Waals surface area contributed by atoms with E-state index in [0.29, 0.717) is 13.2 Å². The molecule has 0 bridgehead atoms. The van der Waals surface area contributed by atoms with Gasteiger partial charge in [0.05, 0.1) is 0 Å². The van der Waals surface area contributed by atoms with Crippen molar-refractivity contribution >= 4 is 41.5 Å². The van der Waals surface area contributed by atoms with Gasteiger partial charge in [-0.3, -0.25) is 9.79 Å². The minimum atomic E-state index is -0.321. The maximum absolute atomic E-state index is 12.2. The van der Waals surface area contributed by atoms with Crippen molar-refractivity contribution in [3.63, 3.8) is 0 Å². The lowest BCUT2D eigenvalue weighted by atomic mass is 10.2. The van der Waals surface area contributed by atoms with E-state index in [1.54, 1.807) is 7.05 Å². The molecular formula is C21H33IN4O3. The Morgan fingerprint density at radius 3 is 2.86 bits per heavy atom. The number of carbonyl (C=O) groups is 1. The van der Waals surface area contributed by atoms with Gasteiger partial charge < -0.3 is 25.4 Å². The zero-order valence-corrected chi connectivity index (χ0v) is 19.4. The van der Waals surface area contributed by atoms with Crippen molar-refractivity contribution in [2.75, 3.05) is 38.7 Å². The van der Waals surface area contributed by atoms with Gasteiger partial charge in [0.1, 0.15) is 6.10 Å². The van der Waals surface area contributed by atoms with Gasteiger partial charge in [-0.1, -0.05) is 12.1 Å². The van der Waals surface area contributed by atoms with E-state index in [9.17, 15) is 4.79 Å². The predicted molar refractivity (Wildman–Crippen MR) is 126 cm³/mol. The summed E-state index contributed by atoms with van der Waals surface area (Å²) in [7, 11) is 1.76. The molecule has 162 valence electrons. The van der Waals surface area contributed by atoms with Crippen LogP contribution in [0, 0.1) is 5.92 Å². The first kappa shape index (κ1) is 23.9. The van der Waals surface area contributed by atoms with Crippen molar-refractivity contribution in [2.24, 2.45) is 10.9 Å². The third-order valence-corrected chi connectivity index (χ3v) is 4.91. The van der Waals surface area contributed by atoms with E-state index in [-0.39, 0.29) is 36.0 Å². The molecule has 0 radical (unpaired) electrons. The monoisotopic (exact) mass is 516 g/mol. The van der Waals surface area contributed by atoms with Gasteiger partial charge in [-0.2, -0.15) is 0 Å². The Balaban J connectivity index is 0.00000300. The van der Waals surface area contributed by atoms with Gasteiger partial charge in [0.25, 0.3) is 5.91 Å². The molecule has 1 unspecified atom stereocenters. The number of aliphatic imine (C=N–C) groups is 1. The highest BCUT2D eigenvalue weighted by Crippen LogP contribution is 2.28. The largest absolute Gasteiger partial charge is 0.381 e. The van der Waals surface area contributed by atoms with Crippen LogP contribution in [0.5, 0.6) is 0 Å². The Morgan fingerprint density at radius 1 is 1.28 bits per heavy atom. The molecule has 1 aliphatic heterocycles. The second-order valence-electron chi connectivity index (χ2n) is 7.42. The number of guanidine groups is 1. The number of amides is 1. The first-order valence-electron chi connectivity index (χ1n) is 10.3. The van der Waals surface area contributed by atoms with Crippen LogP contribution >= 0.6 is 24.0 Å². The number of hydrogen-bond acceptors (Lipinski definition) is 4. The van der Waals surface area contributed by atoms with Crippen molar-refractivity contribution in [1.82, 2.24) is 10.6 Å². The molecule has 1 saturated carbocycles. The molecule has 1 amide bonds. The first-order valence-corrected chi connectivity index (χ1v) is 10.3. The summed E-state index contributed by atoms with van der Waals surface area (Å²) in [5.74, 6) is 1.51. The number of rotatable bonds is 10. The number of nitrogens with one attached hydrogen (secondary N) is 3. The second kappa shape index (κ2) is 13.0. The molecule has 2 aliphatic rings. The van der Waals surface area contributed by atoms with E-state index in [0.717, 1.165) is 62.1 Å². The van der Waals surface area contributed by atoms with Crippen LogP contribution in [0.1, 0.15) is 37.7 Å². The molecule has 0 spiro atoms. The number of nitrogens with zero attached hydrogens (tertiary/aromatic N) is 1. The third-order valence-electron chi connectivity index (χ3n) is 4.91. The van der Waals surface area contributed by atoms with Crippen LogP contribution in [0.3, 0.4) is 0 Å². The van der Waals surface area contributed by atoms with E-state index in [1.165, 1.54) is 12.8 Å². The zero-order valence-electron chi connectivity index (χ0n) is 17.1. The summed E-state index contributed by atoms with van der Waals surface area (Å²) in [6.45, 7) is 3.81. The quantitative estimate of drug-likeness (QED) is 0.193. The van der Waals surface area contributed by atoms with Crippen LogP contribution in [-0.4, -0.2) is 51.4 Å². The Labute approximate surface area is 190 Å². The minimum Gasteiger partial charge on any atom is -0.381 e. The smallest absolute Gasteiger partial charge is 0.253 e. The molecule has 1 saturated heterocycles. The molecule has 8 heteroatoms. The maximum Gasteiger partial charge on any atom is 0.253 e. The maximum atomic E-state index is 12.2. The van der Waals surface area contributed by atoms with Crippen LogP contribution in [-0.2, 0) is 20.8 Å². The molecule has 2 fully saturated rings. The Kier molecular flexibility index (Phi) is 10.7. The highest BCUT2D eigenvalue weighted by Gasteiger charge is 2.23. The minimum absolute atomic E-state index is 0. The molecule has 1 aliphatic carbocycles. The molecular weight excluding hydrogens is 483 g/mol. The molecule has 3 rings (SSSR count). The first-order chi connectivity index (χ1) is 13.7. The average molecular weight is 516 g/mol. The van der Waals surface area contributed by atoms with Crippen molar-refractivity contribution in [1.29, 1.82) is 0 Å². The number of hydrogen-bond donors (Lipinski definition) is 3. The van der Waals surface area contributed by atoms with Crippen LogP contribution in [0.2, 0.25) is 0 Å². The van der Waals surface area contributed by atoms with E-state index >= 15 is 0 Å². The number of benzene rings is 1. The van der Waals surface area contributed by atoms with Gasteiger partial charge >= 0.3 is 0 Å². The molecule has 1 atom stereocenters. The molecule has 29 heavy (non-hydrogen) atoms. The fourth-order valence-electron chi connectivity index (χ4n) is 3.09. The predicted octanol–water partition coefficient (Wildman–Crippen LogP) is 2.90. The molecule has 1 heterocycles.